The molecule has 4 saturated carbocycles. The number of nitrogens with zero attached hydrogens (tertiary/aromatic N) is 1. The van der Waals surface area contributed by atoms with Gasteiger partial charge in [0.25, 0.3) is 0 Å². The number of aliphatic hydroxyl groups excluding tert-OH is 1. The molecule has 1 spiro atoms. The zero-order valence-electron chi connectivity index (χ0n) is 15.7. The molecule has 138 valence electrons. The molecule has 0 aromatic heterocycles. The Kier molecular flexibility index (Phi) is 2.95. The predicted molar refractivity (Wildman–Crippen MR) is 96.8 cm³/mol. The van der Waals surface area contributed by atoms with Gasteiger partial charge in [0.2, 0.25) is 0 Å². The van der Waals surface area contributed by atoms with E-state index in [0.29, 0.717) is 28.9 Å². The molecule has 2 aliphatic heterocycles. The molecule has 2 saturated heterocycles. The van der Waals surface area contributed by atoms with Crippen molar-refractivity contribution in [3.05, 3.63) is 12.2 Å². The Bertz CT molecular complexity index is 634. The molecule has 2 heterocycles. The highest BCUT2D eigenvalue weighted by molar-refractivity contribution is 5.28. The molecule has 8 atom stereocenters. The quantitative estimate of drug-likeness (QED) is 0.683. The first-order valence-corrected chi connectivity index (χ1v) is 10.7. The van der Waals surface area contributed by atoms with Crippen LogP contribution in [0.5, 0.6) is 0 Å². The van der Waals surface area contributed by atoms with Gasteiger partial charge >= 0.3 is 0 Å². The summed E-state index contributed by atoms with van der Waals surface area (Å²) < 4.78 is 6.29. The second-order valence-electron chi connectivity index (χ2n) is 10.6. The molecule has 0 aromatic carbocycles. The maximum absolute atomic E-state index is 11.3. The van der Waals surface area contributed by atoms with Crippen LogP contribution in [0.15, 0.2) is 12.2 Å². The van der Waals surface area contributed by atoms with E-state index in [-0.39, 0.29) is 11.5 Å². The van der Waals surface area contributed by atoms with E-state index in [1.54, 1.807) is 0 Å². The Labute approximate surface area is 151 Å². The summed E-state index contributed by atoms with van der Waals surface area (Å²) in [4.78, 5) is 2.69. The Balaban J connectivity index is 1.49. The molecule has 6 aliphatic rings. The van der Waals surface area contributed by atoms with Crippen molar-refractivity contribution in [2.45, 2.75) is 70.6 Å². The number of aliphatic hydroxyl groups is 1. The number of hydrogen-bond donors (Lipinski definition) is 1. The first-order valence-electron chi connectivity index (χ1n) is 10.7. The van der Waals surface area contributed by atoms with Crippen molar-refractivity contribution >= 4 is 0 Å². The summed E-state index contributed by atoms with van der Waals surface area (Å²) in [5.41, 5.74) is 2.08. The van der Waals surface area contributed by atoms with Crippen LogP contribution in [0.2, 0.25) is 0 Å². The fraction of sp³-hybridized carbons (Fsp3) is 0.909. The van der Waals surface area contributed by atoms with Gasteiger partial charge in [-0.2, -0.15) is 0 Å². The highest BCUT2D eigenvalue weighted by Gasteiger charge is 2.71. The van der Waals surface area contributed by atoms with Gasteiger partial charge < -0.3 is 9.84 Å². The lowest BCUT2D eigenvalue weighted by Crippen LogP contribution is -2.70. The van der Waals surface area contributed by atoms with Crippen molar-refractivity contribution in [3.63, 3.8) is 0 Å². The molecule has 25 heavy (non-hydrogen) atoms. The van der Waals surface area contributed by atoms with Crippen molar-refractivity contribution < 1.29 is 9.84 Å². The summed E-state index contributed by atoms with van der Waals surface area (Å²) in [5, 5.41) is 11.3. The maximum atomic E-state index is 11.3. The van der Waals surface area contributed by atoms with Crippen LogP contribution in [-0.4, -0.2) is 42.0 Å². The van der Waals surface area contributed by atoms with Crippen LogP contribution in [0.1, 0.15) is 58.3 Å². The van der Waals surface area contributed by atoms with E-state index in [1.807, 2.05) is 0 Å². The van der Waals surface area contributed by atoms with Crippen LogP contribution in [0.4, 0.5) is 0 Å². The molecule has 4 aliphatic carbocycles. The van der Waals surface area contributed by atoms with Crippen molar-refractivity contribution in [1.82, 2.24) is 4.90 Å². The monoisotopic (exact) mass is 343 g/mol. The molecule has 6 rings (SSSR count). The topological polar surface area (TPSA) is 32.7 Å². The highest BCUT2D eigenvalue weighted by atomic mass is 16.5. The van der Waals surface area contributed by atoms with Gasteiger partial charge in [0.15, 0.2) is 0 Å². The van der Waals surface area contributed by atoms with E-state index < -0.39 is 0 Å². The van der Waals surface area contributed by atoms with E-state index in [0.717, 1.165) is 19.1 Å². The molecule has 0 radical (unpaired) electrons. The van der Waals surface area contributed by atoms with Gasteiger partial charge in [-0.05, 0) is 73.7 Å². The third-order valence-corrected chi connectivity index (χ3v) is 10.0. The number of rotatable bonds is 0. The first kappa shape index (κ1) is 15.7. The molecule has 3 heteroatoms. The number of hydrogen-bond acceptors (Lipinski definition) is 3. The second kappa shape index (κ2) is 4.72. The molecule has 6 fully saturated rings. The fourth-order valence-electron chi connectivity index (χ4n) is 9.34. The summed E-state index contributed by atoms with van der Waals surface area (Å²) in [6, 6.07) is 0. The van der Waals surface area contributed by atoms with Crippen molar-refractivity contribution in [2.24, 2.45) is 34.0 Å². The number of piperidine rings is 1. The summed E-state index contributed by atoms with van der Waals surface area (Å²) in [6.07, 6.45) is 10.5. The average Bonchev–Trinajstić information content (AvgIpc) is 3.13. The van der Waals surface area contributed by atoms with Crippen LogP contribution in [0.25, 0.3) is 0 Å². The smallest absolute Gasteiger partial charge is 0.116 e. The molecule has 4 bridgehead atoms. The predicted octanol–water partition coefficient (Wildman–Crippen LogP) is 3.58. The van der Waals surface area contributed by atoms with Gasteiger partial charge in [-0.1, -0.05) is 19.9 Å². The lowest BCUT2D eigenvalue weighted by molar-refractivity contribution is -0.259. The van der Waals surface area contributed by atoms with E-state index in [1.165, 1.54) is 63.5 Å². The van der Waals surface area contributed by atoms with E-state index in [4.69, 9.17) is 4.74 Å². The van der Waals surface area contributed by atoms with Crippen molar-refractivity contribution in [2.75, 3.05) is 19.7 Å². The minimum atomic E-state index is -0.235. The van der Waals surface area contributed by atoms with E-state index in [9.17, 15) is 5.11 Å². The number of ether oxygens (including phenoxy) is 1. The van der Waals surface area contributed by atoms with Gasteiger partial charge in [0.05, 0.1) is 12.7 Å². The summed E-state index contributed by atoms with van der Waals surface area (Å²) in [6.45, 7) is 10.1. The molecule has 0 amide bonds. The molecule has 3 nitrogen and oxygen atoms in total. The molecular formula is C22H33NO2. The van der Waals surface area contributed by atoms with Gasteiger partial charge in [-0.15, -0.1) is 0 Å². The van der Waals surface area contributed by atoms with Gasteiger partial charge in [0, 0.05) is 23.9 Å². The third-order valence-electron chi connectivity index (χ3n) is 10.0. The summed E-state index contributed by atoms with van der Waals surface area (Å²) >= 11 is 0. The van der Waals surface area contributed by atoms with E-state index in [2.05, 4.69) is 18.4 Å². The molecule has 1 N–H and O–H groups in total. The fourth-order valence-corrected chi connectivity index (χ4v) is 9.34. The molecular weight excluding hydrogens is 310 g/mol. The lowest BCUT2D eigenvalue weighted by Gasteiger charge is -2.70. The third kappa shape index (κ3) is 1.62. The maximum Gasteiger partial charge on any atom is 0.116 e. The zero-order chi connectivity index (χ0) is 17.0. The molecule has 1 unspecified atom stereocenters. The Morgan fingerprint density at radius 3 is 2.88 bits per heavy atom. The largest absolute Gasteiger partial charge is 0.388 e. The standard InChI is InChI=1S/C22H33NO2/c1-14-15-4-5-17-21(12-15,18(14)24)9-6-16-20(2)7-3-8-22(16,17)13-23-10-11-25-19(20)23/h15-19,24H,1,3-13H2,2H3/t15-,16-,17-,18+,19?,20-,21-,22+/m1/s1. The van der Waals surface area contributed by atoms with Crippen LogP contribution in [-0.2, 0) is 4.74 Å². The van der Waals surface area contributed by atoms with Crippen LogP contribution in [0.3, 0.4) is 0 Å². The minimum Gasteiger partial charge on any atom is -0.388 e. The minimum absolute atomic E-state index is 0.155. The van der Waals surface area contributed by atoms with Gasteiger partial charge in [0.1, 0.15) is 6.23 Å². The normalized spacial score (nSPS) is 60.1. The molecule has 0 aromatic rings. The lowest BCUT2D eigenvalue weighted by atomic mass is 9.38. The SMILES string of the molecule is C=C1[C@@H]2CC[C@@H]3[C@@](CC[C@H]4[C@@]35CCC[C@@]4(C)C3OCCN3C5)(C2)[C@H]1O. The second-order valence-corrected chi connectivity index (χ2v) is 10.6. The highest BCUT2D eigenvalue weighted by Crippen LogP contribution is 2.74. The zero-order valence-corrected chi connectivity index (χ0v) is 15.7. The van der Waals surface area contributed by atoms with Crippen molar-refractivity contribution in [3.8, 4) is 0 Å². The Morgan fingerprint density at radius 2 is 2.00 bits per heavy atom. The van der Waals surface area contributed by atoms with Crippen molar-refractivity contribution in [1.29, 1.82) is 0 Å². The number of fused-ring (bicyclic) bond motifs is 3. The van der Waals surface area contributed by atoms with Crippen LogP contribution in [0, 0.1) is 34.0 Å². The van der Waals surface area contributed by atoms with E-state index >= 15 is 0 Å². The summed E-state index contributed by atoms with van der Waals surface area (Å²) in [7, 11) is 0. The van der Waals surface area contributed by atoms with Gasteiger partial charge in [-0.3, -0.25) is 4.90 Å². The Hall–Kier alpha value is -0.380. The Morgan fingerprint density at radius 1 is 1.12 bits per heavy atom. The van der Waals surface area contributed by atoms with Gasteiger partial charge in [-0.25, -0.2) is 0 Å². The van der Waals surface area contributed by atoms with Crippen LogP contribution >= 0.6 is 0 Å². The average molecular weight is 344 g/mol. The summed E-state index contributed by atoms with van der Waals surface area (Å²) in [5.74, 6) is 2.09. The first-order chi connectivity index (χ1) is 12.0. The van der Waals surface area contributed by atoms with Crippen LogP contribution < -0.4 is 0 Å².